The molecule has 0 saturated carbocycles. The van der Waals surface area contributed by atoms with Crippen molar-refractivity contribution in [3.63, 3.8) is 0 Å². The van der Waals surface area contributed by atoms with Crippen molar-refractivity contribution in [2.24, 2.45) is 0 Å². The van der Waals surface area contributed by atoms with Gasteiger partial charge >= 0.3 is 11.9 Å². The molecule has 2 fully saturated rings. The molecule has 0 radical (unpaired) electrons. The molecule has 2 N–H and O–H groups in total. The van der Waals surface area contributed by atoms with Crippen molar-refractivity contribution < 1.29 is 19.8 Å². The highest BCUT2D eigenvalue weighted by Gasteiger charge is 2.25. The Morgan fingerprint density at radius 1 is 0.688 bits per heavy atom. The van der Waals surface area contributed by atoms with Crippen molar-refractivity contribution in [2.45, 2.75) is 53.9 Å². The van der Waals surface area contributed by atoms with E-state index in [1.807, 2.05) is 0 Å². The minimum atomic E-state index is -1.23. The number of nitrogens with zero attached hydrogens (tertiary/aromatic N) is 4. The van der Waals surface area contributed by atoms with Gasteiger partial charge in [0.05, 0.1) is 23.5 Å². The van der Waals surface area contributed by atoms with Gasteiger partial charge in [0.1, 0.15) is 0 Å². The van der Waals surface area contributed by atoms with Crippen LogP contribution in [0.5, 0.6) is 0 Å². The van der Waals surface area contributed by atoms with Gasteiger partial charge in [0.15, 0.2) is 0 Å². The smallest absolute Gasteiger partial charge is 0.336 e. The lowest BCUT2D eigenvalue weighted by Gasteiger charge is -2.24. The number of hydrogen-bond donors (Lipinski definition) is 2. The van der Waals surface area contributed by atoms with E-state index in [1.54, 1.807) is 0 Å². The zero-order chi connectivity index (χ0) is 24.3. The largest absolute Gasteiger partial charge is 0.478 e. The maximum absolute atomic E-state index is 10.5. The van der Waals surface area contributed by atoms with Crippen molar-refractivity contribution in [3.8, 4) is 0 Å². The molecule has 1 aromatic carbocycles. The Bertz CT molecular complexity index is 632. The molecule has 8 heteroatoms. The summed E-state index contributed by atoms with van der Waals surface area (Å²) in [6.07, 6.45) is 1.35. The van der Waals surface area contributed by atoms with Crippen LogP contribution in [0.2, 0.25) is 0 Å². The van der Waals surface area contributed by atoms with Crippen LogP contribution >= 0.6 is 0 Å². The van der Waals surface area contributed by atoms with E-state index in [0.717, 1.165) is 0 Å². The molecule has 0 spiro atoms. The van der Waals surface area contributed by atoms with Crippen LogP contribution in [0.3, 0.4) is 0 Å². The standard InChI is InChI=1S/2C8H18N2.C8H6O4/c2*1-4-9-6-7-10(5-2)8(9)3;9-7(10)5-3-1-2-4-6(5)8(11)12/h2*8H,4-7H2,1-3H3;1-4H,(H,9,10)(H,11,12). The van der Waals surface area contributed by atoms with Gasteiger partial charge in [-0.1, -0.05) is 39.8 Å². The fraction of sp³-hybridized carbons (Fsp3) is 0.667. The fourth-order valence-electron chi connectivity index (χ4n) is 4.27. The van der Waals surface area contributed by atoms with Gasteiger partial charge < -0.3 is 10.2 Å². The third-order valence-electron chi connectivity index (χ3n) is 6.48. The monoisotopic (exact) mass is 450 g/mol. The zero-order valence-electron chi connectivity index (χ0n) is 20.6. The Morgan fingerprint density at radius 3 is 1.09 bits per heavy atom. The summed E-state index contributed by atoms with van der Waals surface area (Å²) in [4.78, 5) is 30.9. The highest BCUT2D eigenvalue weighted by molar-refractivity contribution is 6.01. The molecule has 182 valence electrons. The van der Waals surface area contributed by atoms with Gasteiger partial charge in [-0.25, -0.2) is 9.59 Å². The Kier molecular flexibility index (Phi) is 12.4. The Hall–Kier alpha value is -2.00. The summed E-state index contributed by atoms with van der Waals surface area (Å²) in [5.41, 5.74) is -0.380. The van der Waals surface area contributed by atoms with Gasteiger partial charge in [-0.3, -0.25) is 19.6 Å². The number of carbonyl (C=O) groups is 2. The third-order valence-corrected chi connectivity index (χ3v) is 6.48. The van der Waals surface area contributed by atoms with E-state index in [9.17, 15) is 9.59 Å². The van der Waals surface area contributed by atoms with Crippen molar-refractivity contribution in [3.05, 3.63) is 35.4 Å². The topological polar surface area (TPSA) is 87.6 Å². The summed E-state index contributed by atoms with van der Waals surface area (Å²) >= 11 is 0. The predicted molar refractivity (Wildman–Crippen MR) is 128 cm³/mol. The van der Waals surface area contributed by atoms with Crippen LogP contribution in [0.1, 0.15) is 62.3 Å². The zero-order valence-corrected chi connectivity index (χ0v) is 20.6. The molecule has 0 atom stereocenters. The molecule has 2 heterocycles. The van der Waals surface area contributed by atoms with Gasteiger partial charge in [0.2, 0.25) is 0 Å². The molecule has 0 unspecified atom stereocenters. The van der Waals surface area contributed by atoms with Crippen LogP contribution in [0.4, 0.5) is 0 Å². The van der Waals surface area contributed by atoms with Crippen LogP contribution in [0.25, 0.3) is 0 Å². The number of rotatable bonds is 6. The van der Waals surface area contributed by atoms with E-state index in [2.05, 4.69) is 61.1 Å². The van der Waals surface area contributed by atoms with E-state index in [4.69, 9.17) is 10.2 Å². The van der Waals surface area contributed by atoms with Crippen molar-refractivity contribution in [2.75, 3.05) is 52.4 Å². The van der Waals surface area contributed by atoms with Crippen molar-refractivity contribution in [1.29, 1.82) is 0 Å². The highest BCUT2D eigenvalue weighted by atomic mass is 16.4. The van der Waals surface area contributed by atoms with Gasteiger partial charge in [-0.05, 0) is 52.2 Å². The number of hydrogen-bond acceptors (Lipinski definition) is 6. The van der Waals surface area contributed by atoms with Crippen LogP contribution < -0.4 is 0 Å². The molecule has 8 nitrogen and oxygen atoms in total. The normalized spacial score (nSPS) is 18.7. The SMILES string of the molecule is CCN1CCN(CC)C1C.CCN1CCN(CC)C1C.O=C(O)c1ccccc1C(=O)O. The second-order valence-electron chi connectivity index (χ2n) is 7.93. The van der Waals surface area contributed by atoms with Crippen molar-refractivity contribution in [1.82, 2.24) is 19.6 Å². The first-order valence-corrected chi connectivity index (χ1v) is 11.7. The highest BCUT2D eigenvalue weighted by Crippen LogP contribution is 2.12. The molecule has 3 rings (SSSR count). The van der Waals surface area contributed by atoms with Gasteiger partial charge in [0.25, 0.3) is 0 Å². The molecule has 0 aliphatic carbocycles. The summed E-state index contributed by atoms with van der Waals surface area (Å²) in [7, 11) is 0. The second-order valence-corrected chi connectivity index (χ2v) is 7.93. The molecule has 2 saturated heterocycles. The predicted octanol–water partition coefficient (Wildman–Crippen LogP) is 3.06. The average Bonchev–Trinajstić information content (AvgIpc) is 3.35. The minimum Gasteiger partial charge on any atom is -0.478 e. The maximum atomic E-state index is 10.5. The quantitative estimate of drug-likeness (QED) is 0.684. The lowest BCUT2D eigenvalue weighted by molar-refractivity contribution is 0.0651. The first kappa shape index (κ1) is 28.0. The lowest BCUT2D eigenvalue weighted by atomic mass is 10.1. The summed E-state index contributed by atoms with van der Waals surface area (Å²) in [5, 5.41) is 17.1. The van der Waals surface area contributed by atoms with E-state index < -0.39 is 11.9 Å². The minimum absolute atomic E-state index is 0.190. The summed E-state index contributed by atoms with van der Waals surface area (Å²) in [6, 6.07) is 5.48. The van der Waals surface area contributed by atoms with E-state index in [-0.39, 0.29) is 11.1 Å². The van der Waals surface area contributed by atoms with Gasteiger partial charge in [-0.15, -0.1) is 0 Å². The molecule has 0 aromatic heterocycles. The maximum Gasteiger partial charge on any atom is 0.336 e. The van der Waals surface area contributed by atoms with Crippen LogP contribution in [0, 0.1) is 0 Å². The summed E-state index contributed by atoms with van der Waals surface area (Å²) in [5.74, 6) is -2.46. The Balaban J connectivity index is 0.000000241. The van der Waals surface area contributed by atoms with Crippen LogP contribution in [0.15, 0.2) is 24.3 Å². The average molecular weight is 451 g/mol. The molecule has 0 bridgehead atoms. The lowest BCUT2D eigenvalue weighted by Crippen LogP contribution is -2.35. The molecule has 2 aliphatic rings. The van der Waals surface area contributed by atoms with E-state index in [1.165, 1.54) is 76.6 Å². The molecule has 0 amide bonds. The Morgan fingerprint density at radius 2 is 0.938 bits per heavy atom. The second kappa shape index (κ2) is 14.2. The molecule has 1 aromatic rings. The molecule has 32 heavy (non-hydrogen) atoms. The number of benzene rings is 1. The summed E-state index contributed by atoms with van der Waals surface area (Å²) < 4.78 is 0. The van der Waals surface area contributed by atoms with Crippen LogP contribution in [-0.4, -0.2) is 106 Å². The van der Waals surface area contributed by atoms with Crippen molar-refractivity contribution >= 4 is 11.9 Å². The number of likely N-dealkylation sites (N-methyl/N-ethyl adjacent to an activating group) is 4. The first-order chi connectivity index (χ1) is 15.2. The van der Waals surface area contributed by atoms with E-state index >= 15 is 0 Å². The molecular formula is C24H42N4O4. The van der Waals surface area contributed by atoms with E-state index in [0.29, 0.717) is 12.3 Å². The molecule has 2 aliphatic heterocycles. The first-order valence-electron chi connectivity index (χ1n) is 11.7. The summed E-state index contributed by atoms with van der Waals surface area (Å²) in [6.45, 7) is 23.3. The number of carboxylic acids is 2. The van der Waals surface area contributed by atoms with Crippen LogP contribution in [-0.2, 0) is 0 Å². The Labute approximate surface area is 193 Å². The molecular weight excluding hydrogens is 408 g/mol. The number of carboxylic acid groups (broad SMARTS) is 2. The van der Waals surface area contributed by atoms with Gasteiger partial charge in [0, 0.05) is 26.2 Å². The fourth-order valence-corrected chi connectivity index (χ4v) is 4.27. The van der Waals surface area contributed by atoms with Gasteiger partial charge in [-0.2, -0.15) is 0 Å². The third kappa shape index (κ3) is 7.85. The number of aromatic carboxylic acids is 2.